The van der Waals surface area contributed by atoms with E-state index in [1.807, 2.05) is 24.3 Å². The number of benzene rings is 1. The Morgan fingerprint density at radius 2 is 1.95 bits per heavy atom. The maximum absolute atomic E-state index is 6.04. The monoisotopic (exact) mass is 331 g/mol. The van der Waals surface area contributed by atoms with Crippen molar-refractivity contribution in [3.05, 3.63) is 53.8 Å². The van der Waals surface area contributed by atoms with E-state index in [-0.39, 0.29) is 0 Å². The van der Waals surface area contributed by atoms with Gasteiger partial charge in [-0.15, -0.1) is 0 Å². The molecule has 0 aliphatic carbocycles. The van der Waals surface area contributed by atoms with E-state index < -0.39 is 0 Å². The fourth-order valence-electron chi connectivity index (χ4n) is 1.66. The minimum atomic E-state index is 0.311. The molecule has 0 saturated carbocycles. The minimum absolute atomic E-state index is 0.311. The summed E-state index contributed by atoms with van der Waals surface area (Å²) < 4.78 is 8.34. The number of nitrogens with two attached hydrogens (primary N) is 1. The number of imidazole rings is 1. The molecule has 0 saturated heterocycles. The summed E-state index contributed by atoms with van der Waals surface area (Å²) in [5.74, 6) is 1.49. The molecule has 0 atom stereocenters. The van der Waals surface area contributed by atoms with Crippen LogP contribution in [-0.2, 0) is 0 Å². The van der Waals surface area contributed by atoms with Gasteiger partial charge in [0.15, 0.2) is 5.82 Å². The van der Waals surface area contributed by atoms with Crippen LogP contribution in [0, 0.1) is 0 Å². The molecular formula is C13H10BrN5O. The van der Waals surface area contributed by atoms with Crippen molar-refractivity contribution >= 4 is 21.6 Å². The molecule has 0 radical (unpaired) electrons. The number of ether oxygens (including phenoxy) is 1. The third-order valence-electron chi connectivity index (χ3n) is 2.60. The molecule has 0 aliphatic heterocycles. The maximum atomic E-state index is 6.04. The van der Waals surface area contributed by atoms with Gasteiger partial charge in [-0.25, -0.2) is 9.97 Å². The second kappa shape index (κ2) is 5.30. The average molecular weight is 332 g/mol. The molecule has 0 spiro atoms. The van der Waals surface area contributed by atoms with Crippen molar-refractivity contribution in [2.75, 3.05) is 5.73 Å². The minimum Gasteiger partial charge on any atom is -0.437 e. The predicted octanol–water partition coefficient (Wildman–Crippen LogP) is 2.80. The lowest BCUT2D eigenvalue weighted by Gasteiger charge is -2.10. The molecule has 6 nitrogen and oxygen atoms in total. The van der Waals surface area contributed by atoms with E-state index in [0.29, 0.717) is 23.1 Å². The molecule has 1 aromatic carbocycles. The molecule has 0 unspecified atom stereocenters. The summed E-state index contributed by atoms with van der Waals surface area (Å²) in [4.78, 5) is 12.2. The fourth-order valence-corrected chi connectivity index (χ4v) is 1.92. The van der Waals surface area contributed by atoms with E-state index in [0.717, 1.165) is 4.47 Å². The maximum Gasteiger partial charge on any atom is 0.248 e. The Labute approximate surface area is 123 Å². The van der Waals surface area contributed by atoms with Gasteiger partial charge in [-0.2, -0.15) is 4.98 Å². The lowest BCUT2D eigenvalue weighted by molar-refractivity contribution is 0.463. The van der Waals surface area contributed by atoms with E-state index >= 15 is 0 Å². The SMILES string of the molecule is Nc1c(Oc2ccc(Br)cc2)ncnc1-n1ccnc1. The van der Waals surface area contributed by atoms with Gasteiger partial charge < -0.3 is 10.5 Å². The van der Waals surface area contributed by atoms with Crippen LogP contribution in [0.2, 0.25) is 0 Å². The van der Waals surface area contributed by atoms with Crippen molar-refractivity contribution in [2.45, 2.75) is 0 Å². The van der Waals surface area contributed by atoms with Crippen molar-refractivity contribution in [3.63, 3.8) is 0 Å². The Balaban J connectivity index is 1.94. The van der Waals surface area contributed by atoms with Gasteiger partial charge in [0.1, 0.15) is 24.1 Å². The zero-order valence-corrected chi connectivity index (χ0v) is 11.9. The van der Waals surface area contributed by atoms with E-state index in [2.05, 4.69) is 30.9 Å². The Morgan fingerprint density at radius 3 is 2.65 bits per heavy atom. The van der Waals surface area contributed by atoms with Gasteiger partial charge in [-0.3, -0.25) is 4.57 Å². The van der Waals surface area contributed by atoms with Crippen LogP contribution >= 0.6 is 15.9 Å². The van der Waals surface area contributed by atoms with Crippen LogP contribution in [0.25, 0.3) is 5.82 Å². The first-order valence-corrected chi connectivity index (χ1v) is 6.55. The van der Waals surface area contributed by atoms with Gasteiger partial charge in [-0.05, 0) is 24.3 Å². The number of nitrogens with zero attached hydrogens (tertiary/aromatic N) is 4. The third kappa shape index (κ3) is 2.48. The van der Waals surface area contributed by atoms with Gasteiger partial charge in [-0.1, -0.05) is 15.9 Å². The second-order valence-corrected chi connectivity index (χ2v) is 4.86. The number of aromatic nitrogens is 4. The van der Waals surface area contributed by atoms with Crippen LogP contribution in [-0.4, -0.2) is 19.5 Å². The lowest BCUT2D eigenvalue weighted by atomic mass is 10.3. The van der Waals surface area contributed by atoms with Crippen LogP contribution in [0.3, 0.4) is 0 Å². The molecule has 2 N–H and O–H groups in total. The average Bonchev–Trinajstić information content (AvgIpc) is 2.97. The molecule has 3 aromatic rings. The first kappa shape index (κ1) is 12.6. The molecule has 2 heterocycles. The number of hydrogen-bond acceptors (Lipinski definition) is 5. The summed E-state index contributed by atoms with van der Waals surface area (Å²) in [6, 6.07) is 7.40. The molecule has 0 fully saturated rings. The molecule has 7 heteroatoms. The number of halogens is 1. The van der Waals surface area contributed by atoms with Crippen LogP contribution in [0.4, 0.5) is 5.69 Å². The van der Waals surface area contributed by atoms with E-state index in [1.54, 1.807) is 23.3 Å². The third-order valence-corrected chi connectivity index (χ3v) is 3.13. The van der Waals surface area contributed by atoms with E-state index in [1.165, 1.54) is 6.33 Å². The van der Waals surface area contributed by atoms with Crippen LogP contribution in [0.1, 0.15) is 0 Å². The van der Waals surface area contributed by atoms with Crippen molar-refractivity contribution in [2.24, 2.45) is 0 Å². The summed E-state index contributed by atoms with van der Waals surface area (Å²) in [5.41, 5.74) is 6.40. The van der Waals surface area contributed by atoms with E-state index in [9.17, 15) is 0 Å². The topological polar surface area (TPSA) is 78.9 Å². The molecule has 0 aliphatic rings. The number of nitrogen functional groups attached to an aromatic ring is 1. The molecule has 0 bridgehead atoms. The van der Waals surface area contributed by atoms with Crippen LogP contribution < -0.4 is 10.5 Å². The largest absolute Gasteiger partial charge is 0.437 e. The summed E-state index contributed by atoms with van der Waals surface area (Å²) >= 11 is 3.37. The number of anilines is 1. The van der Waals surface area contributed by atoms with Crippen LogP contribution in [0.15, 0.2) is 53.8 Å². The van der Waals surface area contributed by atoms with Crippen molar-refractivity contribution in [1.29, 1.82) is 0 Å². The van der Waals surface area contributed by atoms with Crippen molar-refractivity contribution in [1.82, 2.24) is 19.5 Å². The van der Waals surface area contributed by atoms with Crippen molar-refractivity contribution < 1.29 is 4.74 Å². The summed E-state index contributed by atoms with van der Waals surface area (Å²) in [5, 5.41) is 0. The molecule has 2 aromatic heterocycles. The summed E-state index contributed by atoms with van der Waals surface area (Å²) in [6.45, 7) is 0. The summed E-state index contributed by atoms with van der Waals surface area (Å²) in [6.07, 6.45) is 6.42. The molecule has 3 rings (SSSR count). The lowest BCUT2D eigenvalue weighted by Crippen LogP contribution is -2.04. The standard InChI is InChI=1S/C13H10BrN5O/c14-9-1-3-10(4-2-9)20-13-11(15)12(17-7-18-13)19-6-5-16-8-19/h1-8H,15H2. The first-order valence-electron chi connectivity index (χ1n) is 5.76. The van der Waals surface area contributed by atoms with Gasteiger partial charge in [0.05, 0.1) is 0 Å². The highest BCUT2D eigenvalue weighted by Crippen LogP contribution is 2.28. The second-order valence-electron chi connectivity index (χ2n) is 3.94. The Bertz CT molecular complexity index is 712. The zero-order valence-electron chi connectivity index (χ0n) is 10.3. The van der Waals surface area contributed by atoms with E-state index in [4.69, 9.17) is 10.5 Å². The van der Waals surface area contributed by atoms with Crippen molar-refractivity contribution in [3.8, 4) is 17.4 Å². The Morgan fingerprint density at radius 1 is 1.15 bits per heavy atom. The Hall–Kier alpha value is -2.41. The predicted molar refractivity (Wildman–Crippen MR) is 77.8 cm³/mol. The zero-order chi connectivity index (χ0) is 13.9. The smallest absolute Gasteiger partial charge is 0.248 e. The number of hydrogen-bond donors (Lipinski definition) is 1. The highest BCUT2D eigenvalue weighted by Gasteiger charge is 2.11. The van der Waals surface area contributed by atoms with Gasteiger partial charge in [0.25, 0.3) is 0 Å². The Kier molecular flexibility index (Phi) is 3.34. The summed E-state index contributed by atoms with van der Waals surface area (Å²) in [7, 11) is 0. The molecule has 20 heavy (non-hydrogen) atoms. The molecule has 0 amide bonds. The molecule has 100 valence electrons. The fraction of sp³-hybridized carbons (Fsp3) is 0. The molecular weight excluding hydrogens is 322 g/mol. The normalized spacial score (nSPS) is 10.4. The van der Waals surface area contributed by atoms with Crippen LogP contribution in [0.5, 0.6) is 11.6 Å². The number of rotatable bonds is 3. The highest BCUT2D eigenvalue weighted by atomic mass is 79.9. The quantitative estimate of drug-likeness (QED) is 0.798. The van der Waals surface area contributed by atoms with Gasteiger partial charge >= 0.3 is 0 Å². The van der Waals surface area contributed by atoms with Gasteiger partial charge in [0, 0.05) is 16.9 Å². The highest BCUT2D eigenvalue weighted by molar-refractivity contribution is 9.10. The van der Waals surface area contributed by atoms with Gasteiger partial charge in [0.2, 0.25) is 5.88 Å². The first-order chi connectivity index (χ1) is 9.74.